The van der Waals surface area contributed by atoms with Crippen LogP contribution in [0.3, 0.4) is 0 Å². The molecule has 2 rings (SSSR count). The van der Waals surface area contributed by atoms with E-state index in [-0.39, 0.29) is 17.2 Å². The van der Waals surface area contributed by atoms with Crippen molar-refractivity contribution in [1.82, 2.24) is 10.6 Å². The van der Waals surface area contributed by atoms with Crippen LogP contribution in [-0.4, -0.2) is 25.7 Å². The van der Waals surface area contributed by atoms with Crippen molar-refractivity contribution in [3.8, 4) is 5.75 Å². The second-order valence-corrected chi connectivity index (χ2v) is 5.81. The van der Waals surface area contributed by atoms with Gasteiger partial charge in [-0.2, -0.15) is 0 Å². The molecule has 0 radical (unpaired) electrons. The number of amides is 2. The predicted molar refractivity (Wildman–Crippen MR) is 91.3 cm³/mol. The van der Waals surface area contributed by atoms with E-state index in [0.29, 0.717) is 22.0 Å². The van der Waals surface area contributed by atoms with E-state index in [2.05, 4.69) is 17.2 Å². The Morgan fingerprint density at radius 1 is 1.42 bits per heavy atom. The normalized spacial score (nSPS) is 17.0. The molecule has 0 bridgehead atoms. The van der Waals surface area contributed by atoms with Gasteiger partial charge in [0.1, 0.15) is 12.4 Å². The van der Waals surface area contributed by atoms with Crippen molar-refractivity contribution in [3.05, 3.63) is 51.7 Å². The smallest absolute Gasteiger partial charge is 0.338 e. The van der Waals surface area contributed by atoms with Gasteiger partial charge >= 0.3 is 12.0 Å². The summed E-state index contributed by atoms with van der Waals surface area (Å²) in [5.41, 5.74) is 1.05. The average molecular weight is 371 g/mol. The zero-order valence-electron chi connectivity index (χ0n) is 13.1. The summed E-state index contributed by atoms with van der Waals surface area (Å²) < 4.78 is 10.4. The summed E-state index contributed by atoms with van der Waals surface area (Å²) in [6.07, 6.45) is 1.45. The molecule has 128 valence electrons. The fraction of sp³-hybridized carbons (Fsp3) is 0.250. The zero-order valence-corrected chi connectivity index (χ0v) is 14.6. The summed E-state index contributed by atoms with van der Waals surface area (Å²) in [6, 6.07) is 1.81. The molecular weight excluding hydrogens is 355 g/mol. The molecule has 0 saturated carbocycles. The standard InChI is InChI=1S/C16H16Cl2N2O4/c1-4-5-24-15(21)12-8(2)19-16(22)20-13(12)10-6-9(17)7-11(18)14(10)23-3/h4,6-7,13H,1,5H2,2-3H3,(H2,19,20,22)/t13-/m0/s1. The Morgan fingerprint density at radius 3 is 2.75 bits per heavy atom. The fourth-order valence-corrected chi connectivity index (χ4v) is 3.01. The van der Waals surface area contributed by atoms with E-state index < -0.39 is 18.0 Å². The Labute approximate surface area is 149 Å². The first-order valence-electron chi connectivity index (χ1n) is 6.98. The molecule has 1 aliphatic heterocycles. The summed E-state index contributed by atoms with van der Waals surface area (Å²) in [4.78, 5) is 24.3. The van der Waals surface area contributed by atoms with Crippen LogP contribution in [0.5, 0.6) is 5.75 Å². The summed E-state index contributed by atoms with van der Waals surface area (Å²) in [7, 11) is 1.44. The van der Waals surface area contributed by atoms with Gasteiger partial charge in [-0.1, -0.05) is 35.9 Å². The van der Waals surface area contributed by atoms with E-state index in [0.717, 1.165) is 0 Å². The Balaban J connectivity index is 2.57. The van der Waals surface area contributed by atoms with Crippen LogP contribution in [0.25, 0.3) is 0 Å². The number of urea groups is 1. The summed E-state index contributed by atoms with van der Waals surface area (Å²) in [5.74, 6) is -0.280. The Bertz CT molecular complexity index is 731. The lowest BCUT2D eigenvalue weighted by Crippen LogP contribution is -2.45. The maximum Gasteiger partial charge on any atom is 0.338 e. The SMILES string of the molecule is C=CCOC(=O)C1=C(C)NC(=O)N[C@H]1c1cc(Cl)cc(Cl)c1OC. The van der Waals surface area contributed by atoms with Gasteiger partial charge in [0.2, 0.25) is 0 Å². The minimum Gasteiger partial charge on any atom is -0.495 e. The number of nitrogens with one attached hydrogen (secondary N) is 2. The second-order valence-electron chi connectivity index (χ2n) is 4.97. The van der Waals surface area contributed by atoms with E-state index in [1.165, 1.54) is 19.3 Å². The van der Waals surface area contributed by atoms with Crippen molar-refractivity contribution >= 4 is 35.2 Å². The van der Waals surface area contributed by atoms with Gasteiger partial charge in [0, 0.05) is 16.3 Å². The number of esters is 1. The van der Waals surface area contributed by atoms with Gasteiger partial charge in [-0.15, -0.1) is 0 Å². The second kappa shape index (κ2) is 7.59. The number of carbonyl (C=O) groups excluding carboxylic acids is 2. The highest BCUT2D eigenvalue weighted by atomic mass is 35.5. The third-order valence-corrected chi connectivity index (χ3v) is 3.87. The van der Waals surface area contributed by atoms with E-state index in [4.69, 9.17) is 32.7 Å². The van der Waals surface area contributed by atoms with E-state index in [1.807, 2.05) is 0 Å². The third-order valence-electron chi connectivity index (χ3n) is 3.37. The average Bonchev–Trinajstić information content (AvgIpc) is 2.51. The molecule has 1 aromatic carbocycles. The van der Waals surface area contributed by atoms with Crippen molar-refractivity contribution in [2.75, 3.05) is 13.7 Å². The molecule has 6 nitrogen and oxygen atoms in total. The molecule has 0 saturated heterocycles. The number of carbonyl (C=O) groups is 2. The minimum atomic E-state index is -0.817. The van der Waals surface area contributed by atoms with Crippen LogP contribution >= 0.6 is 23.2 Å². The van der Waals surface area contributed by atoms with Crippen LogP contribution < -0.4 is 15.4 Å². The lowest BCUT2D eigenvalue weighted by Gasteiger charge is -2.29. The number of hydrogen-bond donors (Lipinski definition) is 2. The Kier molecular flexibility index (Phi) is 5.75. The number of ether oxygens (including phenoxy) is 2. The molecule has 2 N–H and O–H groups in total. The Hall–Kier alpha value is -2.18. The third kappa shape index (κ3) is 3.66. The topological polar surface area (TPSA) is 76.7 Å². The van der Waals surface area contributed by atoms with Crippen molar-refractivity contribution in [2.45, 2.75) is 13.0 Å². The molecule has 0 spiro atoms. The molecule has 1 aliphatic rings. The first-order valence-corrected chi connectivity index (χ1v) is 7.73. The molecular formula is C16H16Cl2N2O4. The highest BCUT2D eigenvalue weighted by Crippen LogP contribution is 2.39. The number of halogens is 2. The maximum absolute atomic E-state index is 12.4. The van der Waals surface area contributed by atoms with Crippen molar-refractivity contribution < 1.29 is 19.1 Å². The van der Waals surface area contributed by atoms with Gasteiger partial charge in [0.05, 0.1) is 23.7 Å². The van der Waals surface area contributed by atoms with Gasteiger partial charge in [-0.3, -0.25) is 0 Å². The van der Waals surface area contributed by atoms with Crippen LogP contribution in [0, 0.1) is 0 Å². The lowest BCUT2D eigenvalue weighted by atomic mass is 9.94. The number of hydrogen-bond acceptors (Lipinski definition) is 4. The highest BCUT2D eigenvalue weighted by molar-refractivity contribution is 6.35. The molecule has 1 atom stereocenters. The predicted octanol–water partition coefficient (Wildman–Crippen LogP) is 3.36. The summed E-state index contributed by atoms with van der Waals surface area (Å²) in [6.45, 7) is 5.15. The largest absolute Gasteiger partial charge is 0.495 e. The molecule has 0 aromatic heterocycles. The molecule has 2 amide bonds. The molecule has 0 aliphatic carbocycles. The summed E-state index contributed by atoms with van der Waals surface area (Å²) >= 11 is 12.2. The van der Waals surface area contributed by atoms with E-state index in [9.17, 15) is 9.59 Å². The number of allylic oxidation sites excluding steroid dienone is 1. The molecule has 8 heteroatoms. The summed E-state index contributed by atoms with van der Waals surface area (Å²) in [5, 5.41) is 5.83. The Morgan fingerprint density at radius 2 is 2.12 bits per heavy atom. The van der Waals surface area contributed by atoms with Crippen LogP contribution in [0.15, 0.2) is 36.1 Å². The van der Waals surface area contributed by atoms with Crippen LogP contribution in [0.1, 0.15) is 18.5 Å². The number of rotatable bonds is 5. The molecule has 1 aromatic rings. The number of benzene rings is 1. The first-order chi connectivity index (χ1) is 11.4. The van der Waals surface area contributed by atoms with Crippen LogP contribution in [0.2, 0.25) is 10.0 Å². The van der Waals surface area contributed by atoms with Gasteiger partial charge in [-0.05, 0) is 19.1 Å². The van der Waals surface area contributed by atoms with Gasteiger partial charge in [-0.25, -0.2) is 9.59 Å². The lowest BCUT2D eigenvalue weighted by molar-refractivity contribution is -0.138. The van der Waals surface area contributed by atoms with Crippen molar-refractivity contribution in [3.63, 3.8) is 0 Å². The maximum atomic E-state index is 12.4. The first kappa shape index (κ1) is 18.2. The minimum absolute atomic E-state index is 0.0454. The van der Waals surface area contributed by atoms with Gasteiger partial charge in [0.25, 0.3) is 0 Å². The monoisotopic (exact) mass is 370 g/mol. The molecule has 0 fully saturated rings. The highest BCUT2D eigenvalue weighted by Gasteiger charge is 2.34. The van der Waals surface area contributed by atoms with Crippen molar-refractivity contribution in [2.24, 2.45) is 0 Å². The molecule has 0 unspecified atom stereocenters. The van der Waals surface area contributed by atoms with Crippen molar-refractivity contribution in [1.29, 1.82) is 0 Å². The van der Waals surface area contributed by atoms with Gasteiger partial charge < -0.3 is 20.1 Å². The fourth-order valence-electron chi connectivity index (χ4n) is 2.42. The molecule has 24 heavy (non-hydrogen) atoms. The quantitative estimate of drug-likeness (QED) is 0.615. The van der Waals surface area contributed by atoms with Gasteiger partial charge in [0.15, 0.2) is 0 Å². The zero-order chi connectivity index (χ0) is 17.9. The van der Waals surface area contributed by atoms with Crippen LogP contribution in [0.4, 0.5) is 4.79 Å². The number of methoxy groups -OCH3 is 1. The van der Waals surface area contributed by atoms with E-state index in [1.54, 1.807) is 13.0 Å². The van der Waals surface area contributed by atoms with Crippen LogP contribution in [-0.2, 0) is 9.53 Å². The van der Waals surface area contributed by atoms with E-state index >= 15 is 0 Å². The molecule has 1 heterocycles.